The molecule has 0 amide bonds. The van der Waals surface area contributed by atoms with Crippen LogP contribution in [0.5, 0.6) is 0 Å². The molecule has 162 valence electrons. The van der Waals surface area contributed by atoms with Crippen molar-refractivity contribution in [1.29, 1.82) is 0 Å². The summed E-state index contributed by atoms with van der Waals surface area (Å²) < 4.78 is 39.2. The fourth-order valence-electron chi connectivity index (χ4n) is 2.54. The predicted molar refractivity (Wildman–Crippen MR) is 104 cm³/mol. The second-order valence-corrected chi connectivity index (χ2v) is 8.67. The van der Waals surface area contributed by atoms with Crippen LogP contribution in [-0.4, -0.2) is 78.3 Å². The number of nitrogens with two attached hydrogens (primary N) is 1. The Morgan fingerprint density at radius 3 is 2.66 bits per heavy atom. The standard InChI is InChI=1S/C11H19BN5O9P2S/c1-29-11-15-8(13)5-9(16-11)17(3-14-5)10-7(19)6(18)4(25-10)2-24-27(12,20)26-28(21,22)23/h3-4,6-7,10,18-19H,2H2,1,12H3,(H2,13,15,16)(H2,21,22,23)/q-1/t4-,6-,7-,10-,27?/m1/s1. The minimum absolute atomic E-state index is 0.140. The largest absolute Gasteiger partial charge is 0.474 e. The highest BCUT2D eigenvalue weighted by Gasteiger charge is 2.45. The van der Waals surface area contributed by atoms with Crippen molar-refractivity contribution in [3.05, 3.63) is 6.33 Å². The molecule has 0 aliphatic carbocycles. The van der Waals surface area contributed by atoms with Crippen LogP contribution in [0.1, 0.15) is 6.23 Å². The maximum absolute atomic E-state index is 12.1. The number of ether oxygens (including phenoxy) is 1. The van der Waals surface area contributed by atoms with Crippen LogP contribution in [0.4, 0.5) is 5.82 Å². The number of aliphatic hydroxyl groups is 2. The first-order valence-corrected chi connectivity index (χ1v) is 11.4. The Morgan fingerprint density at radius 1 is 1.34 bits per heavy atom. The second-order valence-electron chi connectivity index (χ2n) is 5.56. The molecule has 2 aromatic heterocycles. The van der Waals surface area contributed by atoms with Gasteiger partial charge >= 0.3 is 7.82 Å². The van der Waals surface area contributed by atoms with Crippen LogP contribution in [0.25, 0.3) is 11.2 Å². The van der Waals surface area contributed by atoms with Gasteiger partial charge in [0, 0.05) is 0 Å². The average Bonchev–Trinajstić information content (AvgIpc) is 3.13. The van der Waals surface area contributed by atoms with Crippen molar-refractivity contribution in [3.8, 4) is 0 Å². The lowest BCUT2D eigenvalue weighted by Crippen LogP contribution is -2.33. The lowest BCUT2D eigenvalue weighted by Gasteiger charge is -2.22. The Hall–Kier alpha value is -1.06. The van der Waals surface area contributed by atoms with Crippen molar-refractivity contribution in [2.45, 2.75) is 29.7 Å². The van der Waals surface area contributed by atoms with Gasteiger partial charge < -0.3 is 39.6 Å². The van der Waals surface area contributed by atoms with Gasteiger partial charge in [-0.05, 0) is 6.26 Å². The highest BCUT2D eigenvalue weighted by atomic mass is 32.2. The molecule has 1 fully saturated rings. The molecular weight excluding hydrogens is 451 g/mol. The van der Waals surface area contributed by atoms with E-state index in [2.05, 4.69) is 19.3 Å². The van der Waals surface area contributed by atoms with Gasteiger partial charge in [-0.25, -0.2) is 23.8 Å². The third-order valence-electron chi connectivity index (χ3n) is 3.74. The van der Waals surface area contributed by atoms with Gasteiger partial charge in [-0.1, -0.05) is 11.8 Å². The van der Waals surface area contributed by atoms with Gasteiger partial charge in [0.2, 0.25) is 0 Å². The predicted octanol–water partition coefficient (Wildman–Crippen LogP) is -1.65. The molecule has 3 rings (SSSR count). The molecule has 0 radical (unpaired) electrons. The van der Waals surface area contributed by atoms with Crippen molar-refractivity contribution in [1.82, 2.24) is 19.5 Å². The van der Waals surface area contributed by atoms with Crippen molar-refractivity contribution in [2.24, 2.45) is 0 Å². The van der Waals surface area contributed by atoms with E-state index >= 15 is 0 Å². The minimum Gasteiger partial charge on any atom is -0.387 e. The Balaban J connectivity index is 1.80. The number of hydrogen-bond acceptors (Lipinski definition) is 12. The van der Waals surface area contributed by atoms with E-state index in [0.29, 0.717) is 5.16 Å². The molecule has 29 heavy (non-hydrogen) atoms. The second kappa shape index (κ2) is 8.23. The van der Waals surface area contributed by atoms with E-state index in [1.807, 2.05) is 0 Å². The number of aliphatic hydroxyl groups excluding tert-OH is 2. The number of hydrogen-bond donors (Lipinski definition) is 5. The molecule has 5 atom stereocenters. The lowest BCUT2D eigenvalue weighted by atomic mass is 10.1. The molecule has 0 aromatic carbocycles. The van der Waals surface area contributed by atoms with Crippen molar-refractivity contribution < 1.29 is 42.7 Å². The van der Waals surface area contributed by atoms with Crippen LogP contribution in [0, 0.1) is 0 Å². The molecule has 6 N–H and O–H groups in total. The average molecular weight is 470 g/mol. The number of thioether (sulfide) groups is 1. The third kappa shape index (κ3) is 4.99. The lowest BCUT2D eigenvalue weighted by molar-refractivity contribution is -0.0479. The summed E-state index contributed by atoms with van der Waals surface area (Å²) in [4.78, 5) is 30.1. The topological polar surface area (TPSA) is 212 Å². The minimum atomic E-state index is -4.99. The van der Waals surface area contributed by atoms with Crippen LogP contribution in [0.2, 0.25) is 0 Å². The highest BCUT2D eigenvalue weighted by molar-refractivity contribution is 7.98. The van der Waals surface area contributed by atoms with Crippen LogP contribution in [0.3, 0.4) is 0 Å². The van der Waals surface area contributed by atoms with E-state index in [9.17, 15) is 19.3 Å². The fraction of sp³-hybridized carbons (Fsp3) is 0.545. The Kier molecular flexibility index (Phi) is 6.42. The monoisotopic (exact) mass is 470 g/mol. The SMILES string of the molecule is [BH3-]P(=O)(OC[C@H]1O[C@@H](n2cnc3c(N)nc(SC)nc32)[C@H](O)[C@@H]1O)OP(=O)(O)O. The molecule has 2 aromatic rings. The van der Waals surface area contributed by atoms with Gasteiger partial charge in [-0.3, -0.25) is 4.57 Å². The number of aromatic nitrogens is 4. The molecule has 1 saturated heterocycles. The van der Waals surface area contributed by atoms with Gasteiger partial charge in [0.1, 0.15) is 23.8 Å². The number of anilines is 1. The summed E-state index contributed by atoms with van der Waals surface area (Å²) >= 11 is 1.25. The van der Waals surface area contributed by atoms with E-state index in [0.717, 1.165) is 0 Å². The number of imidazole rings is 1. The maximum atomic E-state index is 12.1. The first-order valence-electron chi connectivity index (χ1n) is 7.51. The highest BCUT2D eigenvalue weighted by Crippen LogP contribution is 2.57. The first kappa shape index (κ1) is 22.6. The zero-order valence-corrected chi connectivity index (χ0v) is 16.7. The molecule has 3 heterocycles. The Bertz CT molecular complexity index is 1000. The van der Waals surface area contributed by atoms with Crippen molar-refractivity contribution in [3.63, 3.8) is 0 Å². The van der Waals surface area contributed by atoms with Crippen molar-refractivity contribution >= 4 is 51.6 Å². The maximum Gasteiger partial charge on any atom is 0.474 e. The molecule has 14 nitrogen and oxygen atoms in total. The summed E-state index contributed by atoms with van der Waals surface area (Å²) in [5.41, 5.74) is 6.44. The Morgan fingerprint density at radius 2 is 2.03 bits per heavy atom. The van der Waals surface area contributed by atoms with E-state index in [4.69, 9.17) is 24.8 Å². The van der Waals surface area contributed by atoms with Gasteiger partial charge in [-0.15, -0.1) is 0 Å². The van der Waals surface area contributed by atoms with Crippen LogP contribution < -0.4 is 5.73 Å². The van der Waals surface area contributed by atoms with Crippen LogP contribution in [-0.2, 0) is 22.7 Å². The zero-order chi connectivity index (χ0) is 21.6. The molecule has 0 spiro atoms. The van der Waals surface area contributed by atoms with Gasteiger partial charge in [0.05, 0.1) is 20.5 Å². The molecular formula is C11H19BN5O9P2S-. The summed E-state index contributed by atoms with van der Waals surface area (Å²) in [5.74, 6) is 0.140. The van der Waals surface area contributed by atoms with E-state index in [1.54, 1.807) is 6.26 Å². The normalized spacial score (nSPS) is 27.4. The summed E-state index contributed by atoms with van der Waals surface area (Å²) in [6.45, 7) is -0.505. The molecule has 0 bridgehead atoms. The van der Waals surface area contributed by atoms with Crippen molar-refractivity contribution in [2.75, 3.05) is 18.6 Å². The molecule has 1 unspecified atom stereocenters. The fourth-order valence-corrected chi connectivity index (χ4v) is 4.06. The van der Waals surface area contributed by atoms with E-state index in [1.165, 1.54) is 22.7 Å². The Labute approximate surface area is 168 Å². The summed E-state index contributed by atoms with van der Waals surface area (Å²) in [7, 11) is -10.1. The quantitative estimate of drug-likeness (QED) is 0.133. The third-order valence-corrected chi connectivity index (χ3v) is 6.03. The summed E-state index contributed by atoms with van der Waals surface area (Å²) in [6, 6.07) is 0. The molecule has 18 heteroatoms. The number of fused-ring (bicyclic) bond motifs is 1. The number of rotatable bonds is 7. The number of phosphoric acid groups is 1. The molecule has 1 aliphatic rings. The number of nitrogen functional groups attached to an aromatic ring is 1. The van der Waals surface area contributed by atoms with Gasteiger partial charge in [0.25, 0.3) is 0 Å². The number of nitrogens with zero attached hydrogens (tertiary/aromatic N) is 4. The molecule has 1 aliphatic heterocycles. The van der Waals surface area contributed by atoms with Gasteiger partial charge in [-0.2, -0.15) is 0 Å². The van der Waals surface area contributed by atoms with Gasteiger partial charge in [0.15, 0.2) is 30.3 Å². The first-order chi connectivity index (χ1) is 13.4. The van der Waals surface area contributed by atoms with Crippen LogP contribution >= 0.6 is 27.1 Å². The summed E-state index contributed by atoms with van der Waals surface area (Å²) in [6.07, 6.45) is -2.03. The zero-order valence-electron chi connectivity index (χ0n) is 14.1. The smallest absolute Gasteiger partial charge is 0.387 e. The summed E-state index contributed by atoms with van der Waals surface area (Å²) in [5, 5.41) is 21.0. The van der Waals surface area contributed by atoms with E-state index < -0.39 is 54.0 Å². The van der Waals surface area contributed by atoms with Crippen LogP contribution in [0.15, 0.2) is 11.5 Å². The van der Waals surface area contributed by atoms with E-state index in [-0.39, 0.29) is 17.0 Å². The molecule has 0 saturated carbocycles.